The molecule has 1 aromatic rings. The molecule has 28 heavy (non-hydrogen) atoms. The molecule has 5 heteroatoms. The van der Waals surface area contributed by atoms with Gasteiger partial charge in [-0.3, -0.25) is 9.59 Å². The summed E-state index contributed by atoms with van der Waals surface area (Å²) in [5.41, 5.74) is 1.12. The fourth-order valence-electron chi connectivity index (χ4n) is 6.94. The van der Waals surface area contributed by atoms with Gasteiger partial charge in [0.05, 0.1) is 5.41 Å². The zero-order valence-electron chi connectivity index (χ0n) is 16.5. The van der Waals surface area contributed by atoms with Crippen LogP contribution in [0.25, 0.3) is 0 Å². The van der Waals surface area contributed by atoms with Gasteiger partial charge in [0.2, 0.25) is 11.8 Å². The second kappa shape index (κ2) is 6.57. The lowest BCUT2D eigenvalue weighted by atomic mass is 9.49. The number of carbonyl (C=O) groups excluding carboxylic acids is 2. The van der Waals surface area contributed by atoms with Gasteiger partial charge in [0.25, 0.3) is 0 Å². The molecule has 4 bridgehead atoms. The molecule has 2 amide bonds. The fourth-order valence-corrected chi connectivity index (χ4v) is 6.94. The van der Waals surface area contributed by atoms with Crippen molar-refractivity contribution in [1.82, 2.24) is 4.90 Å². The van der Waals surface area contributed by atoms with Crippen molar-refractivity contribution in [2.24, 2.45) is 23.2 Å². The summed E-state index contributed by atoms with van der Waals surface area (Å²) in [4.78, 5) is 28.5. The molecule has 1 saturated heterocycles. The highest BCUT2D eigenvalue weighted by molar-refractivity contribution is 5.98. The predicted molar refractivity (Wildman–Crippen MR) is 105 cm³/mol. The molecular formula is C23H29FN2O2. The molecule has 1 N–H and O–H groups in total. The van der Waals surface area contributed by atoms with Gasteiger partial charge in [0.15, 0.2) is 0 Å². The number of nitrogens with one attached hydrogen (secondary N) is 1. The summed E-state index contributed by atoms with van der Waals surface area (Å²) >= 11 is 0. The van der Waals surface area contributed by atoms with Crippen molar-refractivity contribution in [3.63, 3.8) is 0 Å². The van der Waals surface area contributed by atoms with Crippen LogP contribution in [0.3, 0.4) is 0 Å². The summed E-state index contributed by atoms with van der Waals surface area (Å²) in [5.74, 6) is 1.94. The number of aryl methyl sites for hydroxylation is 1. The summed E-state index contributed by atoms with van der Waals surface area (Å²) in [7, 11) is 0. The molecule has 1 heterocycles. The predicted octanol–water partition coefficient (Wildman–Crippen LogP) is 4.28. The minimum Gasteiger partial charge on any atom is -0.330 e. The Morgan fingerprint density at radius 2 is 1.75 bits per heavy atom. The van der Waals surface area contributed by atoms with Crippen LogP contribution in [-0.2, 0) is 9.59 Å². The Hall–Kier alpha value is -1.91. The van der Waals surface area contributed by atoms with E-state index in [0.29, 0.717) is 42.0 Å². The largest absolute Gasteiger partial charge is 0.330 e. The third-order valence-electron chi connectivity index (χ3n) is 7.75. The molecule has 4 aliphatic carbocycles. The van der Waals surface area contributed by atoms with Gasteiger partial charge in [-0.2, -0.15) is 0 Å². The van der Waals surface area contributed by atoms with Crippen molar-refractivity contribution >= 4 is 17.5 Å². The number of hydrogen-bond acceptors (Lipinski definition) is 2. The number of nitrogens with zero attached hydrogens (tertiary/aromatic N) is 1. The van der Waals surface area contributed by atoms with Gasteiger partial charge in [0, 0.05) is 12.2 Å². The van der Waals surface area contributed by atoms with Crippen molar-refractivity contribution in [3.05, 3.63) is 29.6 Å². The van der Waals surface area contributed by atoms with Gasteiger partial charge in [-0.05, 0) is 99.8 Å². The van der Waals surface area contributed by atoms with Gasteiger partial charge in [0.1, 0.15) is 11.9 Å². The lowest BCUT2D eigenvalue weighted by Gasteiger charge is -2.56. The number of likely N-dealkylation sites (tertiary alicyclic amines) is 1. The first-order chi connectivity index (χ1) is 13.4. The van der Waals surface area contributed by atoms with Gasteiger partial charge in [-0.1, -0.05) is 0 Å². The first-order valence-electron chi connectivity index (χ1n) is 10.8. The molecule has 1 aromatic carbocycles. The number of halogens is 1. The van der Waals surface area contributed by atoms with Crippen LogP contribution in [0.2, 0.25) is 0 Å². The third-order valence-corrected chi connectivity index (χ3v) is 7.75. The highest BCUT2D eigenvalue weighted by Crippen LogP contribution is 2.60. The topological polar surface area (TPSA) is 49.4 Å². The molecule has 150 valence electrons. The second-order valence-electron chi connectivity index (χ2n) is 9.80. The number of hydrogen-bond donors (Lipinski definition) is 1. The summed E-state index contributed by atoms with van der Waals surface area (Å²) in [6.07, 6.45) is 8.59. The van der Waals surface area contributed by atoms with E-state index in [1.165, 1.54) is 31.4 Å². The van der Waals surface area contributed by atoms with E-state index in [0.717, 1.165) is 25.7 Å². The SMILES string of the molecule is Cc1cc(F)ccc1NC(=O)[C@@H]1CCCN1C(=O)C12CC3CC(CC(C3)C1)C2. The standard InChI is InChI=1S/C23H29FN2O2/c1-14-7-18(24)4-5-19(14)25-21(27)20-3-2-6-26(20)22(28)23-11-15-8-16(12-23)10-17(9-15)13-23/h4-5,7,15-17,20H,2-3,6,8-13H2,1H3,(H,25,27)/t15?,16?,17?,20-,23?/m0/s1. The smallest absolute Gasteiger partial charge is 0.247 e. The van der Waals surface area contributed by atoms with E-state index in [1.54, 1.807) is 13.0 Å². The molecule has 4 saturated carbocycles. The maximum atomic E-state index is 13.7. The molecule has 0 unspecified atom stereocenters. The molecule has 0 aromatic heterocycles. The maximum absolute atomic E-state index is 13.7. The maximum Gasteiger partial charge on any atom is 0.247 e. The first-order valence-corrected chi connectivity index (χ1v) is 10.8. The Morgan fingerprint density at radius 3 is 2.36 bits per heavy atom. The van der Waals surface area contributed by atoms with Crippen LogP contribution in [0, 0.1) is 35.9 Å². The zero-order chi connectivity index (χ0) is 19.5. The Balaban J connectivity index is 1.34. The van der Waals surface area contributed by atoms with E-state index in [9.17, 15) is 14.0 Å². The van der Waals surface area contributed by atoms with Gasteiger partial charge >= 0.3 is 0 Å². The van der Waals surface area contributed by atoms with E-state index in [2.05, 4.69) is 5.32 Å². The van der Waals surface area contributed by atoms with Crippen molar-refractivity contribution in [2.75, 3.05) is 11.9 Å². The summed E-state index contributed by atoms with van der Waals surface area (Å²) in [6, 6.07) is 3.98. The second-order valence-corrected chi connectivity index (χ2v) is 9.80. The van der Waals surface area contributed by atoms with Crippen LogP contribution >= 0.6 is 0 Å². The van der Waals surface area contributed by atoms with E-state index in [1.807, 2.05) is 4.90 Å². The average molecular weight is 384 g/mol. The Kier molecular flexibility index (Phi) is 4.25. The number of anilines is 1. The third kappa shape index (κ3) is 2.94. The summed E-state index contributed by atoms with van der Waals surface area (Å²) in [6.45, 7) is 2.47. The molecule has 4 nitrogen and oxygen atoms in total. The monoisotopic (exact) mass is 384 g/mol. The molecule has 5 fully saturated rings. The number of amides is 2. The van der Waals surface area contributed by atoms with Crippen molar-refractivity contribution in [2.45, 2.75) is 64.3 Å². The molecule has 0 radical (unpaired) electrons. The lowest BCUT2D eigenvalue weighted by Crippen LogP contribution is -2.56. The van der Waals surface area contributed by atoms with E-state index in [4.69, 9.17) is 0 Å². The van der Waals surface area contributed by atoms with Crippen molar-refractivity contribution < 1.29 is 14.0 Å². The molecule has 0 spiro atoms. The van der Waals surface area contributed by atoms with Gasteiger partial charge in [-0.15, -0.1) is 0 Å². The van der Waals surface area contributed by atoms with Crippen LogP contribution in [-0.4, -0.2) is 29.3 Å². The van der Waals surface area contributed by atoms with E-state index >= 15 is 0 Å². The highest BCUT2D eigenvalue weighted by Gasteiger charge is 2.56. The van der Waals surface area contributed by atoms with Crippen LogP contribution in [0.5, 0.6) is 0 Å². The fraction of sp³-hybridized carbons (Fsp3) is 0.652. The Bertz CT molecular complexity index is 786. The molecule has 6 rings (SSSR count). The minimum atomic E-state index is -0.398. The van der Waals surface area contributed by atoms with Crippen LogP contribution < -0.4 is 5.32 Å². The molecule has 1 aliphatic heterocycles. The Morgan fingerprint density at radius 1 is 1.11 bits per heavy atom. The minimum absolute atomic E-state index is 0.134. The van der Waals surface area contributed by atoms with Crippen LogP contribution in [0.1, 0.15) is 56.9 Å². The first kappa shape index (κ1) is 18.1. The summed E-state index contributed by atoms with van der Waals surface area (Å²) in [5, 5.41) is 2.94. The molecule has 5 aliphatic rings. The number of rotatable bonds is 3. The highest BCUT2D eigenvalue weighted by atomic mass is 19.1. The zero-order valence-corrected chi connectivity index (χ0v) is 16.5. The average Bonchev–Trinajstić information content (AvgIpc) is 3.12. The van der Waals surface area contributed by atoms with Gasteiger partial charge in [-0.25, -0.2) is 4.39 Å². The molecular weight excluding hydrogens is 355 g/mol. The quantitative estimate of drug-likeness (QED) is 0.846. The van der Waals surface area contributed by atoms with Crippen molar-refractivity contribution in [1.29, 1.82) is 0 Å². The van der Waals surface area contributed by atoms with Gasteiger partial charge < -0.3 is 10.2 Å². The lowest BCUT2D eigenvalue weighted by molar-refractivity contribution is -0.160. The van der Waals surface area contributed by atoms with Crippen LogP contribution in [0.4, 0.5) is 10.1 Å². The van der Waals surface area contributed by atoms with E-state index in [-0.39, 0.29) is 23.0 Å². The van der Waals surface area contributed by atoms with E-state index < -0.39 is 6.04 Å². The van der Waals surface area contributed by atoms with Crippen LogP contribution in [0.15, 0.2) is 18.2 Å². The normalized spacial score (nSPS) is 36.0. The van der Waals surface area contributed by atoms with Crippen molar-refractivity contribution in [3.8, 4) is 0 Å². The number of carbonyl (C=O) groups is 2. The molecule has 1 atom stereocenters. The summed E-state index contributed by atoms with van der Waals surface area (Å²) < 4.78 is 13.3. The Labute approximate surface area is 165 Å². The number of benzene rings is 1.